The zero-order chi connectivity index (χ0) is 9.84. The molecule has 1 N–H and O–H groups in total. The standard InChI is InChI=1S/C10H19NO2/c1-7(2)13-10(12)6-11-8(3)9-4-5-9/h7-9,11H,4-6H2,1-3H3. The molecule has 1 atom stereocenters. The van der Waals surface area contributed by atoms with Gasteiger partial charge in [-0.05, 0) is 39.5 Å². The summed E-state index contributed by atoms with van der Waals surface area (Å²) in [6.07, 6.45) is 2.59. The van der Waals surface area contributed by atoms with Crippen LogP contribution in [-0.4, -0.2) is 24.7 Å². The quantitative estimate of drug-likeness (QED) is 0.657. The number of carbonyl (C=O) groups is 1. The van der Waals surface area contributed by atoms with E-state index < -0.39 is 0 Å². The van der Waals surface area contributed by atoms with Crippen LogP contribution >= 0.6 is 0 Å². The van der Waals surface area contributed by atoms with Crippen LogP contribution < -0.4 is 5.32 Å². The maximum atomic E-state index is 11.1. The molecule has 3 nitrogen and oxygen atoms in total. The van der Waals surface area contributed by atoms with Gasteiger partial charge in [0.2, 0.25) is 0 Å². The Bertz CT molecular complexity index is 176. The van der Waals surface area contributed by atoms with Crippen molar-refractivity contribution in [3.8, 4) is 0 Å². The third-order valence-electron chi connectivity index (χ3n) is 2.26. The molecule has 0 aliphatic heterocycles. The summed E-state index contributed by atoms with van der Waals surface area (Å²) in [6.45, 7) is 6.20. The highest BCUT2D eigenvalue weighted by Gasteiger charge is 2.27. The minimum atomic E-state index is -0.150. The lowest BCUT2D eigenvalue weighted by atomic mass is 10.2. The molecule has 1 rings (SSSR count). The summed E-state index contributed by atoms with van der Waals surface area (Å²) in [5.74, 6) is 0.634. The first-order valence-electron chi connectivity index (χ1n) is 5.02. The highest BCUT2D eigenvalue weighted by Crippen LogP contribution is 2.32. The van der Waals surface area contributed by atoms with Gasteiger partial charge in [-0.2, -0.15) is 0 Å². The lowest BCUT2D eigenvalue weighted by Crippen LogP contribution is -2.34. The van der Waals surface area contributed by atoms with Gasteiger partial charge in [0, 0.05) is 6.04 Å². The largest absolute Gasteiger partial charge is 0.462 e. The van der Waals surface area contributed by atoms with E-state index in [4.69, 9.17) is 4.74 Å². The molecule has 0 saturated heterocycles. The van der Waals surface area contributed by atoms with Crippen molar-refractivity contribution < 1.29 is 9.53 Å². The Hall–Kier alpha value is -0.570. The molecule has 1 aliphatic rings. The summed E-state index contributed by atoms with van der Waals surface area (Å²) in [5, 5.41) is 3.18. The molecule has 1 aliphatic carbocycles. The zero-order valence-corrected chi connectivity index (χ0v) is 8.67. The molecule has 0 spiro atoms. The van der Waals surface area contributed by atoms with E-state index in [2.05, 4.69) is 12.2 Å². The molecule has 13 heavy (non-hydrogen) atoms. The van der Waals surface area contributed by atoms with E-state index >= 15 is 0 Å². The van der Waals surface area contributed by atoms with Crippen LogP contribution in [0.25, 0.3) is 0 Å². The van der Waals surface area contributed by atoms with Gasteiger partial charge in [-0.3, -0.25) is 4.79 Å². The summed E-state index contributed by atoms with van der Waals surface area (Å²) in [6, 6.07) is 0.458. The Morgan fingerprint density at radius 2 is 2.08 bits per heavy atom. The van der Waals surface area contributed by atoms with Crippen LogP contribution in [0.4, 0.5) is 0 Å². The molecule has 0 bridgehead atoms. The van der Waals surface area contributed by atoms with Crippen molar-refractivity contribution in [1.82, 2.24) is 5.32 Å². The fourth-order valence-corrected chi connectivity index (χ4v) is 1.31. The molecule has 76 valence electrons. The van der Waals surface area contributed by atoms with Gasteiger partial charge in [-0.25, -0.2) is 0 Å². The molecule has 0 heterocycles. The predicted molar refractivity (Wildman–Crippen MR) is 51.4 cm³/mol. The molecule has 1 unspecified atom stereocenters. The Balaban J connectivity index is 2.06. The van der Waals surface area contributed by atoms with Crippen molar-refractivity contribution in [1.29, 1.82) is 0 Å². The van der Waals surface area contributed by atoms with Crippen molar-refractivity contribution in [2.75, 3.05) is 6.54 Å². The molecule has 0 aromatic rings. The number of esters is 1. The van der Waals surface area contributed by atoms with E-state index in [1.54, 1.807) is 0 Å². The fourth-order valence-electron chi connectivity index (χ4n) is 1.31. The number of hydrogen-bond donors (Lipinski definition) is 1. The third-order valence-corrected chi connectivity index (χ3v) is 2.26. The molecular formula is C10H19NO2. The second-order valence-electron chi connectivity index (χ2n) is 4.05. The SMILES string of the molecule is CC(C)OC(=O)CNC(C)C1CC1. The van der Waals surface area contributed by atoms with Gasteiger partial charge in [0.1, 0.15) is 0 Å². The number of nitrogens with one attached hydrogen (secondary N) is 1. The minimum Gasteiger partial charge on any atom is -0.462 e. The van der Waals surface area contributed by atoms with Gasteiger partial charge in [0.25, 0.3) is 0 Å². The Morgan fingerprint density at radius 3 is 2.54 bits per heavy atom. The number of rotatable bonds is 5. The predicted octanol–water partition coefficient (Wildman–Crippen LogP) is 1.33. The first kappa shape index (κ1) is 10.5. The maximum absolute atomic E-state index is 11.1. The third kappa shape index (κ3) is 4.27. The number of ether oxygens (including phenoxy) is 1. The van der Waals surface area contributed by atoms with Gasteiger partial charge in [0.15, 0.2) is 0 Å². The summed E-state index contributed by atoms with van der Waals surface area (Å²) >= 11 is 0. The van der Waals surface area contributed by atoms with E-state index in [9.17, 15) is 4.79 Å². The molecule has 3 heteroatoms. The van der Waals surface area contributed by atoms with Crippen molar-refractivity contribution in [3.05, 3.63) is 0 Å². The fraction of sp³-hybridized carbons (Fsp3) is 0.900. The van der Waals surface area contributed by atoms with Crippen LogP contribution in [0.2, 0.25) is 0 Å². The second kappa shape index (κ2) is 4.61. The van der Waals surface area contributed by atoms with Crippen LogP contribution in [0.5, 0.6) is 0 Å². The molecule has 1 saturated carbocycles. The molecule has 0 aromatic heterocycles. The molecular weight excluding hydrogens is 166 g/mol. The van der Waals surface area contributed by atoms with E-state index in [-0.39, 0.29) is 12.1 Å². The summed E-state index contributed by atoms with van der Waals surface area (Å²) in [7, 11) is 0. The van der Waals surface area contributed by atoms with Gasteiger partial charge in [-0.15, -0.1) is 0 Å². The molecule has 0 amide bonds. The highest BCUT2D eigenvalue weighted by molar-refractivity contribution is 5.71. The van der Waals surface area contributed by atoms with Gasteiger partial charge < -0.3 is 10.1 Å². The maximum Gasteiger partial charge on any atom is 0.320 e. The topological polar surface area (TPSA) is 38.3 Å². The van der Waals surface area contributed by atoms with Crippen molar-refractivity contribution >= 4 is 5.97 Å². The summed E-state index contributed by atoms with van der Waals surface area (Å²) < 4.78 is 5.00. The van der Waals surface area contributed by atoms with Crippen LogP contribution in [0.3, 0.4) is 0 Å². The van der Waals surface area contributed by atoms with Gasteiger partial charge in [-0.1, -0.05) is 0 Å². The monoisotopic (exact) mass is 185 g/mol. The van der Waals surface area contributed by atoms with Crippen molar-refractivity contribution in [2.24, 2.45) is 5.92 Å². The summed E-state index contributed by atoms with van der Waals surface area (Å²) in [4.78, 5) is 11.1. The lowest BCUT2D eigenvalue weighted by molar-refractivity contribution is -0.146. The smallest absolute Gasteiger partial charge is 0.320 e. The van der Waals surface area contributed by atoms with Crippen molar-refractivity contribution in [2.45, 2.75) is 45.8 Å². The Morgan fingerprint density at radius 1 is 1.46 bits per heavy atom. The molecule has 0 radical (unpaired) electrons. The van der Waals surface area contributed by atoms with E-state index in [1.807, 2.05) is 13.8 Å². The normalized spacial score (nSPS) is 18.8. The first-order chi connectivity index (χ1) is 6.09. The molecule has 0 aromatic carbocycles. The van der Waals surface area contributed by atoms with Gasteiger partial charge in [0.05, 0.1) is 12.6 Å². The number of carbonyl (C=O) groups excluding carboxylic acids is 1. The second-order valence-corrected chi connectivity index (χ2v) is 4.05. The first-order valence-corrected chi connectivity index (χ1v) is 5.02. The van der Waals surface area contributed by atoms with E-state index in [0.717, 1.165) is 5.92 Å². The van der Waals surface area contributed by atoms with E-state index in [1.165, 1.54) is 12.8 Å². The Kier molecular flexibility index (Phi) is 3.72. The number of hydrogen-bond acceptors (Lipinski definition) is 3. The lowest BCUT2D eigenvalue weighted by Gasteiger charge is -2.13. The van der Waals surface area contributed by atoms with Crippen LogP contribution in [0.15, 0.2) is 0 Å². The zero-order valence-electron chi connectivity index (χ0n) is 8.67. The highest BCUT2D eigenvalue weighted by atomic mass is 16.5. The Labute approximate surface area is 79.8 Å². The van der Waals surface area contributed by atoms with Crippen LogP contribution in [0, 0.1) is 5.92 Å². The summed E-state index contributed by atoms with van der Waals surface area (Å²) in [5.41, 5.74) is 0. The molecule has 1 fully saturated rings. The average molecular weight is 185 g/mol. The van der Waals surface area contributed by atoms with E-state index in [0.29, 0.717) is 12.6 Å². The van der Waals surface area contributed by atoms with Crippen LogP contribution in [-0.2, 0) is 9.53 Å². The van der Waals surface area contributed by atoms with Crippen molar-refractivity contribution in [3.63, 3.8) is 0 Å². The van der Waals surface area contributed by atoms with Gasteiger partial charge >= 0.3 is 5.97 Å². The van der Waals surface area contributed by atoms with Crippen LogP contribution in [0.1, 0.15) is 33.6 Å². The minimum absolute atomic E-state index is 0.00877. The average Bonchev–Trinajstić information content (AvgIpc) is 2.80.